The molecule has 0 aliphatic carbocycles. The third kappa shape index (κ3) is 4.06. The van der Waals surface area contributed by atoms with Gasteiger partial charge < -0.3 is 11.5 Å². The standard InChI is InChI=1S/C6H13N2O2P/c1-3(11)6(10)4(7)2-5(8)9/h3-4H,2,7,11H2,1H3,(H2,8,9)/t3-,4-/m0/s1. The Morgan fingerprint density at radius 2 is 2.00 bits per heavy atom. The van der Waals surface area contributed by atoms with Crippen molar-refractivity contribution in [3.8, 4) is 0 Å². The van der Waals surface area contributed by atoms with Crippen molar-refractivity contribution in [3.63, 3.8) is 0 Å². The van der Waals surface area contributed by atoms with E-state index >= 15 is 0 Å². The van der Waals surface area contributed by atoms with E-state index < -0.39 is 11.9 Å². The monoisotopic (exact) mass is 176 g/mol. The number of hydrogen-bond acceptors (Lipinski definition) is 3. The van der Waals surface area contributed by atoms with Gasteiger partial charge in [-0.2, -0.15) is 0 Å². The summed E-state index contributed by atoms with van der Waals surface area (Å²) in [5.41, 5.74) is 9.99. The number of amides is 1. The number of ketones is 1. The number of Topliss-reactive ketones (excluding diaryl/α,β-unsaturated/α-hetero) is 1. The maximum atomic E-state index is 11.0. The first-order chi connectivity index (χ1) is 4.95. The van der Waals surface area contributed by atoms with Gasteiger partial charge in [-0.3, -0.25) is 9.59 Å². The van der Waals surface area contributed by atoms with Crippen LogP contribution in [0.2, 0.25) is 0 Å². The van der Waals surface area contributed by atoms with Gasteiger partial charge in [0.25, 0.3) is 0 Å². The van der Waals surface area contributed by atoms with E-state index in [-0.39, 0.29) is 17.9 Å². The summed E-state index contributed by atoms with van der Waals surface area (Å²) in [4.78, 5) is 21.3. The van der Waals surface area contributed by atoms with Gasteiger partial charge in [0.05, 0.1) is 6.04 Å². The number of primary amides is 1. The SMILES string of the molecule is C[C@H](P)C(=O)[C@@H](N)CC(N)=O. The van der Waals surface area contributed by atoms with E-state index in [9.17, 15) is 9.59 Å². The van der Waals surface area contributed by atoms with Gasteiger partial charge >= 0.3 is 0 Å². The Kier molecular flexibility index (Phi) is 4.23. The Bertz CT molecular complexity index is 170. The molecule has 4 N–H and O–H groups in total. The van der Waals surface area contributed by atoms with Gasteiger partial charge in [0, 0.05) is 12.1 Å². The molecule has 1 amide bonds. The lowest BCUT2D eigenvalue weighted by Gasteiger charge is -2.09. The molecule has 0 spiro atoms. The van der Waals surface area contributed by atoms with Crippen LogP contribution in [-0.2, 0) is 9.59 Å². The van der Waals surface area contributed by atoms with Crippen LogP contribution in [0.1, 0.15) is 13.3 Å². The second kappa shape index (κ2) is 4.42. The Labute approximate surface area is 67.9 Å². The first-order valence-corrected chi connectivity index (χ1v) is 3.95. The molecule has 0 rings (SSSR count). The minimum atomic E-state index is -0.750. The molecule has 0 saturated carbocycles. The van der Waals surface area contributed by atoms with Crippen LogP contribution >= 0.6 is 9.24 Å². The van der Waals surface area contributed by atoms with Gasteiger partial charge in [-0.1, -0.05) is 6.92 Å². The maximum Gasteiger partial charge on any atom is 0.219 e. The predicted octanol–water partition coefficient (Wildman–Crippen LogP) is -0.978. The van der Waals surface area contributed by atoms with Gasteiger partial charge in [0.2, 0.25) is 5.91 Å². The van der Waals surface area contributed by atoms with Crippen LogP contribution in [0.15, 0.2) is 0 Å². The van der Waals surface area contributed by atoms with Crippen LogP contribution < -0.4 is 11.5 Å². The van der Waals surface area contributed by atoms with Crippen LogP contribution in [-0.4, -0.2) is 23.4 Å². The van der Waals surface area contributed by atoms with Crippen molar-refractivity contribution < 1.29 is 9.59 Å². The van der Waals surface area contributed by atoms with Crippen molar-refractivity contribution in [1.82, 2.24) is 0 Å². The molecule has 0 saturated heterocycles. The Balaban J connectivity index is 3.93. The molecule has 4 nitrogen and oxygen atoms in total. The maximum absolute atomic E-state index is 11.0. The number of carbonyl (C=O) groups is 2. The van der Waals surface area contributed by atoms with Crippen molar-refractivity contribution in [2.75, 3.05) is 0 Å². The first-order valence-electron chi connectivity index (χ1n) is 3.28. The molecule has 0 fully saturated rings. The molecule has 11 heavy (non-hydrogen) atoms. The zero-order chi connectivity index (χ0) is 9.02. The van der Waals surface area contributed by atoms with Crippen LogP contribution in [0, 0.1) is 0 Å². The highest BCUT2D eigenvalue weighted by Crippen LogP contribution is 2.03. The minimum Gasteiger partial charge on any atom is -0.370 e. The molecule has 5 heteroatoms. The van der Waals surface area contributed by atoms with Gasteiger partial charge in [0.1, 0.15) is 0 Å². The Morgan fingerprint density at radius 1 is 1.55 bits per heavy atom. The normalized spacial score (nSPS) is 15.5. The van der Waals surface area contributed by atoms with Crippen molar-refractivity contribution in [1.29, 1.82) is 0 Å². The largest absolute Gasteiger partial charge is 0.370 e. The van der Waals surface area contributed by atoms with Crippen LogP contribution in [0.5, 0.6) is 0 Å². The molecular formula is C6H13N2O2P. The average molecular weight is 176 g/mol. The molecule has 3 atom stereocenters. The smallest absolute Gasteiger partial charge is 0.219 e. The van der Waals surface area contributed by atoms with E-state index in [0.717, 1.165) is 0 Å². The summed E-state index contributed by atoms with van der Waals surface area (Å²) in [6.07, 6.45) is -0.0719. The molecule has 0 aliphatic heterocycles. The second-order valence-corrected chi connectivity index (χ2v) is 3.47. The lowest BCUT2D eigenvalue weighted by atomic mass is 10.1. The molecule has 0 aromatic rings. The molecule has 1 unspecified atom stereocenters. The molecule has 0 heterocycles. The second-order valence-electron chi connectivity index (χ2n) is 2.47. The van der Waals surface area contributed by atoms with E-state index in [1.54, 1.807) is 6.92 Å². The van der Waals surface area contributed by atoms with Gasteiger partial charge in [-0.25, -0.2) is 0 Å². The highest BCUT2D eigenvalue weighted by atomic mass is 31.0. The third-order valence-electron chi connectivity index (χ3n) is 1.24. The summed E-state index contributed by atoms with van der Waals surface area (Å²) in [5, 5.41) is 0. The van der Waals surface area contributed by atoms with Gasteiger partial charge in [-0.15, -0.1) is 9.24 Å². The summed E-state index contributed by atoms with van der Waals surface area (Å²) in [6, 6.07) is -0.750. The predicted molar refractivity (Wildman–Crippen MR) is 46.0 cm³/mol. The quantitative estimate of drug-likeness (QED) is 0.540. The number of carbonyl (C=O) groups excluding carboxylic acids is 2. The first kappa shape index (κ1) is 10.5. The third-order valence-corrected chi connectivity index (χ3v) is 1.56. The molecule has 0 aromatic carbocycles. The molecule has 0 radical (unpaired) electrons. The van der Waals surface area contributed by atoms with Crippen LogP contribution in [0.3, 0.4) is 0 Å². The average Bonchev–Trinajstić information content (AvgIpc) is 1.84. The van der Waals surface area contributed by atoms with Gasteiger partial charge in [-0.05, 0) is 0 Å². The summed E-state index contributed by atoms with van der Waals surface area (Å²) >= 11 is 0. The summed E-state index contributed by atoms with van der Waals surface area (Å²) in [5.74, 6) is -0.703. The lowest BCUT2D eigenvalue weighted by Crippen LogP contribution is -2.38. The van der Waals surface area contributed by atoms with Crippen molar-refractivity contribution in [2.45, 2.75) is 25.0 Å². The van der Waals surface area contributed by atoms with E-state index in [4.69, 9.17) is 11.5 Å². The number of rotatable bonds is 4. The fourth-order valence-corrected chi connectivity index (χ4v) is 0.902. The molecule has 64 valence electrons. The Morgan fingerprint density at radius 3 is 2.27 bits per heavy atom. The molecule has 0 bridgehead atoms. The van der Waals surface area contributed by atoms with E-state index in [0.29, 0.717) is 0 Å². The van der Waals surface area contributed by atoms with Crippen molar-refractivity contribution in [3.05, 3.63) is 0 Å². The Hall–Kier alpha value is -0.470. The topological polar surface area (TPSA) is 86.2 Å². The highest BCUT2D eigenvalue weighted by molar-refractivity contribution is 7.19. The molecule has 0 aromatic heterocycles. The lowest BCUT2D eigenvalue weighted by molar-refractivity contribution is -0.124. The van der Waals surface area contributed by atoms with E-state index in [1.165, 1.54) is 0 Å². The zero-order valence-corrected chi connectivity index (χ0v) is 7.57. The molecular weight excluding hydrogens is 163 g/mol. The fourth-order valence-electron chi connectivity index (χ4n) is 0.655. The molecule has 0 aliphatic rings. The summed E-state index contributed by atoms with van der Waals surface area (Å²) < 4.78 is 0. The highest BCUT2D eigenvalue weighted by Gasteiger charge is 2.18. The fraction of sp³-hybridized carbons (Fsp3) is 0.667. The summed E-state index contributed by atoms with van der Waals surface area (Å²) in [6.45, 7) is 1.70. The van der Waals surface area contributed by atoms with Crippen molar-refractivity contribution >= 4 is 20.9 Å². The number of hydrogen-bond donors (Lipinski definition) is 2. The van der Waals surface area contributed by atoms with E-state index in [1.807, 2.05) is 0 Å². The van der Waals surface area contributed by atoms with Crippen molar-refractivity contribution in [2.24, 2.45) is 11.5 Å². The van der Waals surface area contributed by atoms with Gasteiger partial charge in [0.15, 0.2) is 5.78 Å². The van der Waals surface area contributed by atoms with E-state index in [2.05, 4.69) is 9.24 Å². The van der Waals surface area contributed by atoms with Crippen LogP contribution in [0.25, 0.3) is 0 Å². The minimum absolute atomic E-state index is 0.0719. The summed E-state index contributed by atoms with van der Waals surface area (Å²) in [7, 11) is 2.32. The number of nitrogens with two attached hydrogens (primary N) is 2. The zero-order valence-electron chi connectivity index (χ0n) is 6.41. The van der Waals surface area contributed by atoms with Crippen LogP contribution in [0.4, 0.5) is 0 Å².